The zero-order valence-electron chi connectivity index (χ0n) is 18.5. The van der Waals surface area contributed by atoms with Crippen molar-refractivity contribution in [2.75, 3.05) is 64.6 Å². The minimum atomic E-state index is -0.395. The number of carbonyl (C=O) groups excluding carboxylic acids is 1. The van der Waals surface area contributed by atoms with E-state index in [0.29, 0.717) is 19.8 Å². The second-order valence-corrected chi connectivity index (χ2v) is 7.26. The van der Waals surface area contributed by atoms with Gasteiger partial charge in [0, 0.05) is 56.2 Å². The van der Waals surface area contributed by atoms with Crippen molar-refractivity contribution in [3.05, 3.63) is 71.3 Å². The fraction of sp³-hybridized carbons (Fsp3) is 0.346. The van der Waals surface area contributed by atoms with E-state index < -0.39 is 5.97 Å². The quantitative estimate of drug-likeness (QED) is 0.283. The van der Waals surface area contributed by atoms with Gasteiger partial charge in [0.05, 0.1) is 19.8 Å². The Morgan fingerprint density at radius 1 is 0.938 bits per heavy atom. The molecule has 2 aromatic rings. The van der Waals surface area contributed by atoms with Gasteiger partial charge in [0.25, 0.3) is 0 Å². The van der Waals surface area contributed by atoms with E-state index in [1.807, 2.05) is 24.3 Å². The number of nitrogens with one attached hydrogen (secondary N) is 1. The number of anilines is 1. The number of piperazine rings is 1. The lowest BCUT2D eigenvalue weighted by Gasteiger charge is -2.29. The fourth-order valence-corrected chi connectivity index (χ4v) is 3.16. The second kappa shape index (κ2) is 13.3. The highest BCUT2D eigenvalue weighted by Gasteiger charge is 2.09. The second-order valence-electron chi connectivity index (χ2n) is 7.26. The molecule has 0 spiro atoms. The van der Waals surface area contributed by atoms with Gasteiger partial charge in [-0.1, -0.05) is 24.0 Å². The SMILES string of the molecule is COCCOCCOC(=O)/C=C/c1ccc(C#Cc2ccc(N3CCNCC3)cc2)cc1. The van der Waals surface area contributed by atoms with Gasteiger partial charge in [0.15, 0.2) is 0 Å². The van der Waals surface area contributed by atoms with Gasteiger partial charge in [0.1, 0.15) is 6.61 Å². The first-order valence-corrected chi connectivity index (χ1v) is 10.8. The highest BCUT2D eigenvalue weighted by atomic mass is 16.6. The molecular formula is C26H30N2O4. The maximum absolute atomic E-state index is 11.7. The summed E-state index contributed by atoms with van der Waals surface area (Å²) in [6.07, 6.45) is 3.13. The number of rotatable bonds is 9. The molecule has 0 amide bonds. The van der Waals surface area contributed by atoms with Crippen molar-refractivity contribution in [2.45, 2.75) is 0 Å². The standard InChI is InChI=1S/C26H30N2O4/c1-30-18-19-31-20-21-32-26(29)13-10-23-5-2-22(3-6-23)4-7-24-8-11-25(12-9-24)28-16-14-27-15-17-28/h2-3,5-6,8-13,27H,14-21H2,1H3/b13-10+. The molecule has 2 aromatic carbocycles. The topological polar surface area (TPSA) is 60.0 Å². The molecule has 0 atom stereocenters. The van der Waals surface area contributed by atoms with Crippen molar-refractivity contribution in [2.24, 2.45) is 0 Å². The van der Waals surface area contributed by atoms with Gasteiger partial charge in [-0.2, -0.15) is 0 Å². The number of benzene rings is 2. The Morgan fingerprint density at radius 3 is 2.22 bits per heavy atom. The van der Waals surface area contributed by atoms with Gasteiger partial charge in [-0.15, -0.1) is 0 Å². The van der Waals surface area contributed by atoms with Crippen molar-refractivity contribution >= 4 is 17.7 Å². The summed E-state index contributed by atoms with van der Waals surface area (Å²) in [6, 6.07) is 16.1. The Bertz CT molecular complexity index is 921. The molecule has 1 saturated heterocycles. The molecule has 0 saturated carbocycles. The third-order valence-electron chi connectivity index (χ3n) is 4.93. The maximum atomic E-state index is 11.7. The van der Waals surface area contributed by atoms with Crippen LogP contribution in [0.5, 0.6) is 0 Å². The van der Waals surface area contributed by atoms with E-state index in [1.165, 1.54) is 11.8 Å². The van der Waals surface area contributed by atoms with Crippen LogP contribution in [0.3, 0.4) is 0 Å². The van der Waals surface area contributed by atoms with E-state index in [4.69, 9.17) is 14.2 Å². The Morgan fingerprint density at radius 2 is 1.56 bits per heavy atom. The first-order valence-electron chi connectivity index (χ1n) is 10.8. The van der Waals surface area contributed by atoms with E-state index in [-0.39, 0.29) is 6.61 Å². The molecule has 1 aliphatic rings. The minimum Gasteiger partial charge on any atom is -0.460 e. The number of methoxy groups -OCH3 is 1. The van der Waals surface area contributed by atoms with Crippen LogP contribution < -0.4 is 10.2 Å². The molecule has 3 rings (SSSR count). The number of hydrogen-bond donors (Lipinski definition) is 1. The zero-order valence-corrected chi connectivity index (χ0v) is 18.5. The third-order valence-corrected chi connectivity index (χ3v) is 4.93. The van der Waals surface area contributed by atoms with Gasteiger partial charge in [-0.3, -0.25) is 0 Å². The maximum Gasteiger partial charge on any atom is 0.330 e. The predicted octanol–water partition coefficient (Wildman–Crippen LogP) is 2.72. The van der Waals surface area contributed by atoms with Crippen molar-refractivity contribution in [3.63, 3.8) is 0 Å². The largest absolute Gasteiger partial charge is 0.460 e. The molecule has 1 fully saturated rings. The number of ether oxygens (including phenoxy) is 3. The molecule has 0 aliphatic carbocycles. The van der Waals surface area contributed by atoms with E-state index in [9.17, 15) is 4.79 Å². The van der Waals surface area contributed by atoms with Crippen LogP contribution >= 0.6 is 0 Å². The van der Waals surface area contributed by atoms with Crippen LogP contribution in [0, 0.1) is 11.8 Å². The van der Waals surface area contributed by atoms with Gasteiger partial charge in [-0.05, 0) is 48.0 Å². The summed E-state index contributed by atoms with van der Waals surface area (Å²) >= 11 is 0. The van der Waals surface area contributed by atoms with Crippen LogP contribution in [-0.4, -0.2) is 65.7 Å². The van der Waals surface area contributed by atoms with E-state index >= 15 is 0 Å². The lowest BCUT2D eigenvalue weighted by atomic mass is 10.1. The van der Waals surface area contributed by atoms with E-state index in [2.05, 4.69) is 46.3 Å². The van der Waals surface area contributed by atoms with Crippen LogP contribution in [0.4, 0.5) is 5.69 Å². The van der Waals surface area contributed by atoms with Crippen LogP contribution in [0.1, 0.15) is 16.7 Å². The summed E-state index contributed by atoms with van der Waals surface area (Å²) in [7, 11) is 1.61. The van der Waals surface area contributed by atoms with E-state index in [1.54, 1.807) is 13.2 Å². The summed E-state index contributed by atoms with van der Waals surface area (Å²) in [6.45, 7) is 5.71. The summed E-state index contributed by atoms with van der Waals surface area (Å²) in [5, 5.41) is 3.37. The molecule has 168 valence electrons. The van der Waals surface area contributed by atoms with Gasteiger partial charge < -0.3 is 24.4 Å². The Labute approximate surface area is 190 Å². The molecule has 6 nitrogen and oxygen atoms in total. The first kappa shape index (κ1) is 23.6. The van der Waals surface area contributed by atoms with Crippen LogP contribution in [-0.2, 0) is 19.0 Å². The van der Waals surface area contributed by atoms with Crippen molar-refractivity contribution < 1.29 is 19.0 Å². The predicted molar refractivity (Wildman–Crippen MR) is 127 cm³/mol. The summed E-state index contributed by atoms with van der Waals surface area (Å²) in [5.41, 5.74) is 4.06. The molecular weight excluding hydrogens is 404 g/mol. The summed E-state index contributed by atoms with van der Waals surface area (Å²) in [5.74, 6) is 6.00. The average molecular weight is 435 g/mol. The smallest absolute Gasteiger partial charge is 0.330 e. The third kappa shape index (κ3) is 8.20. The molecule has 6 heteroatoms. The molecule has 1 N–H and O–H groups in total. The Hall–Kier alpha value is -3.11. The monoisotopic (exact) mass is 434 g/mol. The highest BCUT2D eigenvalue weighted by Crippen LogP contribution is 2.15. The van der Waals surface area contributed by atoms with Crippen molar-refractivity contribution in [1.29, 1.82) is 0 Å². The molecule has 0 radical (unpaired) electrons. The molecule has 1 heterocycles. The van der Waals surface area contributed by atoms with Gasteiger partial charge in [0.2, 0.25) is 0 Å². The van der Waals surface area contributed by atoms with Crippen molar-refractivity contribution in [3.8, 4) is 11.8 Å². The molecule has 0 bridgehead atoms. The normalized spacial score (nSPS) is 13.6. The molecule has 1 aliphatic heterocycles. The van der Waals surface area contributed by atoms with Crippen LogP contribution in [0.15, 0.2) is 54.6 Å². The number of esters is 1. The summed E-state index contributed by atoms with van der Waals surface area (Å²) < 4.78 is 15.2. The molecule has 0 unspecified atom stereocenters. The average Bonchev–Trinajstić information content (AvgIpc) is 2.85. The highest BCUT2D eigenvalue weighted by molar-refractivity contribution is 5.87. The van der Waals surface area contributed by atoms with Crippen LogP contribution in [0.25, 0.3) is 6.08 Å². The number of nitrogens with zero attached hydrogens (tertiary/aromatic N) is 1. The Balaban J connectivity index is 1.45. The summed E-state index contributed by atoms with van der Waals surface area (Å²) in [4.78, 5) is 14.1. The first-order chi connectivity index (χ1) is 15.7. The lowest BCUT2D eigenvalue weighted by Crippen LogP contribution is -2.43. The lowest BCUT2D eigenvalue weighted by molar-refractivity contribution is -0.139. The van der Waals surface area contributed by atoms with Gasteiger partial charge >= 0.3 is 5.97 Å². The fourth-order valence-electron chi connectivity index (χ4n) is 3.16. The number of carbonyl (C=O) groups is 1. The molecule has 32 heavy (non-hydrogen) atoms. The van der Waals surface area contributed by atoms with Gasteiger partial charge in [-0.25, -0.2) is 4.79 Å². The Kier molecular flexibility index (Phi) is 9.81. The molecule has 0 aromatic heterocycles. The zero-order chi connectivity index (χ0) is 22.4. The van der Waals surface area contributed by atoms with E-state index in [0.717, 1.165) is 42.9 Å². The minimum absolute atomic E-state index is 0.220. The van der Waals surface area contributed by atoms with Crippen molar-refractivity contribution in [1.82, 2.24) is 5.32 Å². The van der Waals surface area contributed by atoms with Crippen LogP contribution in [0.2, 0.25) is 0 Å². The number of hydrogen-bond acceptors (Lipinski definition) is 6.